The minimum Gasteiger partial charge on any atom is -0.497 e. The third kappa shape index (κ3) is 3.77. The maximum atomic E-state index is 5.55. The molecule has 0 unspecified atom stereocenters. The van der Waals surface area contributed by atoms with E-state index in [2.05, 4.69) is 33.3 Å². The van der Waals surface area contributed by atoms with Crippen LogP contribution in [-0.2, 0) is 22.3 Å². The van der Waals surface area contributed by atoms with Gasteiger partial charge in [-0.15, -0.1) is 10.2 Å². The van der Waals surface area contributed by atoms with Gasteiger partial charge in [0.1, 0.15) is 11.3 Å². The highest BCUT2D eigenvalue weighted by Crippen LogP contribution is 2.41. The first kappa shape index (κ1) is 21.9. The predicted molar refractivity (Wildman–Crippen MR) is 135 cm³/mol. The molecule has 0 atom stereocenters. The number of pyridine rings is 1. The zero-order valence-electron chi connectivity index (χ0n) is 20.5. The number of anilines is 1. The minimum atomic E-state index is 0.342. The highest BCUT2D eigenvalue weighted by Gasteiger charge is 2.49. The molecule has 36 heavy (non-hydrogen) atoms. The lowest BCUT2D eigenvalue weighted by atomic mass is 9.78. The van der Waals surface area contributed by atoms with Crippen LogP contribution in [0.5, 0.6) is 5.75 Å². The molecule has 9 heteroatoms. The zero-order chi connectivity index (χ0) is 24.1. The molecule has 3 saturated heterocycles. The topological polar surface area (TPSA) is 86.9 Å². The molecule has 186 valence electrons. The number of benzene rings is 1. The van der Waals surface area contributed by atoms with Crippen molar-refractivity contribution in [1.29, 1.82) is 0 Å². The highest BCUT2D eigenvalue weighted by atomic mass is 16.5. The standard InChI is InChI=1S/C27H30N6O3/c1-34-21-4-2-18(3-5-21)10-23-22-12-20(32-14-27(15-32)16-36-17-27)13-28-25(22)26-30-29-24(33(26)31-23)11-19-6-8-35-9-7-19/h2-5,12-13,19H,6-11,14-17H2,1H3. The van der Waals surface area contributed by atoms with Gasteiger partial charge in [0.15, 0.2) is 5.82 Å². The van der Waals surface area contributed by atoms with Gasteiger partial charge in [0, 0.05) is 44.5 Å². The Kier molecular flexibility index (Phi) is 5.28. The van der Waals surface area contributed by atoms with Gasteiger partial charge in [0.2, 0.25) is 5.65 Å². The summed E-state index contributed by atoms with van der Waals surface area (Å²) in [6.45, 7) is 5.40. The van der Waals surface area contributed by atoms with Gasteiger partial charge >= 0.3 is 0 Å². The summed E-state index contributed by atoms with van der Waals surface area (Å²) < 4.78 is 18.3. The summed E-state index contributed by atoms with van der Waals surface area (Å²) in [5.74, 6) is 2.29. The van der Waals surface area contributed by atoms with Crippen LogP contribution in [0.3, 0.4) is 0 Å². The van der Waals surface area contributed by atoms with E-state index in [4.69, 9.17) is 24.3 Å². The number of nitrogens with zero attached hydrogens (tertiary/aromatic N) is 6. The Morgan fingerprint density at radius 1 is 1.06 bits per heavy atom. The third-order valence-corrected chi connectivity index (χ3v) is 7.90. The number of rotatable bonds is 6. The fourth-order valence-electron chi connectivity index (χ4n) is 5.69. The Balaban J connectivity index is 1.29. The molecule has 0 amide bonds. The maximum Gasteiger partial charge on any atom is 0.204 e. The SMILES string of the molecule is COc1ccc(Cc2nn3c(CC4CCOCC4)nnc3c3ncc(N4CC5(COC5)C4)cc23)cc1. The van der Waals surface area contributed by atoms with E-state index in [-0.39, 0.29) is 0 Å². The average molecular weight is 487 g/mol. The average Bonchev–Trinajstić information content (AvgIpc) is 3.26. The van der Waals surface area contributed by atoms with Gasteiger partial charge in [-0.1, -0.05) is 12.1 Å². The van der Waals surface area contributed by atoms with Crippen molar-refractivity contribution < 1.29 is 14.2 Å². The molecular formula is C27H30N6O3. The summed E-state index contributed by atoms with van der Waals surface area (Å²) >= 11 is 0. The van der Waals surface area contributed by atoms with E-state index >= 15 is 0 Å². The molecule has 1 aromatic carbocycles. The largest absolute Gasteiger partial charge is 0.497 e. The van der Waals surface area contributed by atoms with Gasteiger partial charge in [-0.25, -0.2) is 4.98 Å². The van der Waals surface area contributed by atoms with E-state index in [0.717, 1.165) is 98.3 Å². The molecule has 3 aliphatic heterocycles. The summed E-state index contributed by atoms with van der Waals surface area (Å²) in [6, 6.07) is 10.4. The van der Waals surface area contributed by atoms with Crippen LogP contribution in [0.15, 0.2) is 36.5 Å². The predicted octanol–water partition coefficient (Wildman–Crippen LogP) is 3.08. The van der Waals surface area contributed by atoms with E-state index < -0.39 is 0 Å². The van der Waals surface area contributed by atoms with Gasteiger partial charge < -0.3 is 19.1 Å². The van der Waals surface area contributed by atoms with Gasteiger partial charge in [-0.05, 0) is 42.5 Å². The quantitative estimate of drug-likeness (QED) is 0.411. The lowest BCUT2D eigenvalue weighted by Crippen LogP contribution is -2.66. The van der Waals surface area contributed by atoms with Gasteiger partial charge in [-0.2, -0.15) is 9.61 Å². The maximum absolute atomic E-state index is 5.55. The number of ether oxygens (including phenoxy) is 3. The van der Waals surface area contributed by atoms with Crippen molar-refractivity contribution in [1.82, 2.24) is 24.8 Å². The second-order valence-electron chi connectivity index (χ2n) is 10.5. The Hall–Kier alpha value is -3.30. The molecule has 3 aliphatic rings. The second kappa shape index (κ2) is 8.67. The first-order chi connectivity index (χ1) is 17.7. The van der Waals surface area contributed by atoms with Crippen LogP contribution < -0.4 is 9.64 Å². The molecule has 7 rings (SSSR count). The van der Waals surface area contributed by atoms with E-state index in [1.165, 1.54) is 5.56 Å². The molecule has 0 radical (unpaired) electrons. The van der Waals surface area contributed by atoms with Crippen LogP contribution in [0.2, 0.25) is 0 Å². The zero-order valence-corrected chi connectivity index (χ0v) is 20.5. The molecule has 0 bridgehead atoms. The van der Waals surface area contributed by atoms with Crippen LogP contribution >= 0.6 is 0 Å². The first-order valence-corrected chi connectivity index (χ1v) is 12.8. The Morgan fingerprint density at radius 2 is 1.86 bits per heavy atom. The first-order valence-electron chi connectivity index (χ1n) is 12.8. The van der Waals surface area contributed by atoms with Gasteiger partial charge in [0.25, 0.3) is 0 Å². The fourth-order valence-corrected chi connectivity index (χ4v) is 5.69. The van der Waals surface area contributed by atoms with Crippen molar-refractivity contribution in [2.24, 2.45) is 11.3 Å². The van der Waals surface area contributed by atoms with Crippen molar-refractivity contribution >= 4 is 22.2 Å². The Labute approximate surface area is 209 Å². The molecule has 3 aromatic heterocycles. The Bertz CT molecular complexity index is 1400. The molecule has 6 heterocycles. The molecule has 0 aliphatic carbocycles. The van der Waals surface area contributed by atoms with E-state index in [9.17, 15) is 0 Å². The number of hydrogen-bond donors (Lipinski definition) is 0. The lowest BCUT2D eigenvalue weighted by Gasteiger charge is -2.55. The summed E-state index contributed by atoms with van der Waals surface area (Å²) in [4.78, 5) is 7.30. The summed E-state index contributed by atoms with van der Waals surface area (Å²) in [6.07, 6.45) is 5.60. The molecule has 0 saturated carbocycles. The van der Waals surface area contributed by atoms with Crippen molar-refractivity contribution in [3.8, 4) is 5.75 Å². The monoisotopic (exact) mass is 486 g/mol. The Morgan fingerprint density at radius 3 is 2.58 bits per heavy atom. The van der Waals surface area contributed by atoms with Crippen LogP contribution in [0.4, 0.5) is 5.69 Å². The number of fused-ring (bicyclic) bond motifs is 3. The molecule has 1 spiro atoms. The highest BCUT2D eigenvalue weighted by molar-refractivity contribution is 5.93. The van der Waals surface area contributed by atoms with Gasteiger partial charge in [-0.3, -0.25) is 0 Å². The van der Waals surface area contributed by atoms with Crippen LogP contribution in [0, 0.1) is 11.3 Å². The lowest BCUT2D eigenvalue weighted by molar-refractivity contribution is -0.127. The van der Waals surface area contributed by atoms with Crippen molar-refractivity contribution in [3.05, 3.63) is 53.6 Å². The van der Waals surface area contributed by atoms with E-state index in [1.54, 1.807) is 7.11 Å². The fraction of sp³-hybridized carbons (Fsp3) is 0.481. The van der Waals surface area contributed by atoms with E-state index in [0.29, 0.717) is 17.8 Å². The van der Waals surface area contributed by atoms with Crippen LogP contribution in [-0.4, -0.2) is 71.4 Å². The molecule has 0 N–H and O–H groups in total. The molecule has 3 fully saturated rings. The number of aromatic nitrogens is 5. The van der Waals surface area contributed by atoms with Crippen molar-refractivity contribution in [2.45, 2.75) is 25.7 Å². The molecule has 9 nitrogen and oxygen atoms in total. The normalized spacial score (nSPS) is 19.5. The third-order valence-electron chi connectivity index (χ3n) is 7.90. The van der Waals surface area contributed by atoms with Crippen molar-refractivity contribution in [3.63, 3.8) is 0 Å². The van der Waals surface area contributed by atoms with Crippen molar-refractivity contribution in [2.75, 3.05) is 51.5 Å². The summed E-state index contributed by atoms with van der Waals surface area (Å²) in [7, 11) is 1.69. The molecule has 4 aromatic rings. The minimum absolute atomic E-state index is 0.342. The summed E-state index contributed by atoms with van der Waals surface area (Å²) in [5.41, 5.74) is 5.20. The van der Waals surface area contributed by atoms with Crippen LogP contribution in [0.25, 0.3) is 16.6 Å². The van der Waals surface area contributed by atoms with E-state index in [1.807, 2.05) is 22.8 Å². The second-order valence-corrected chi connectivity index (χ2v) is 10.5. The van der Waals surface area contributed by atoms with Crippen LogP contribution in [0.1, 0.15) is 29.9 Å². The summed E-state index contributed by atoms with van der Waals surface area (Å²) in [5, 5.41) is 15.3. The smallest absolute Gasteiger partial charge is 0.204 e. The van der Waals surface area contributed by atoms with Gasteiger partial charge in [0.05, 0.1) is 43.3 Å². The number of hydrogen-bond acceptors (Lipinski definition) is 8. The number of methoxy groups -OCH3 is 1. The molecular weight excluding hydrogens is 456 g/mol.